The fourth-order valence-corrected chi connectivity index (χ4v) is 2.23. The average molecular weight is 369 g/mol. The second kappa shape index (κ2) is 6.91. The van der Waals surface area contributed by atoms with Crippen molar-refractivity contribution in [3.8, 4) is 0 Å². The van der Waals surface area contributed by atoms with Crippen molar-refractivity contribution in [1.82, 2.24) is 4.98 Å². The summed E-state index contributed by atoms with van der Waals surface area (Å²) in [7, 11) is 0. The summed E-state index contributed by atoms with van der Waals surface area (Å²) in [5, 5.41) is 6.44. The zero-order valence-electron chi connectivity index (χ0n) is 11.7. The molecule has 0 aliphatic carbocycles. The van der Waals surface area contributed by atoms with E-state index in [-0.39, 0.29) is 5.91 Å². The molecule has 0 saturated carbocycles. The number of nitrogens with one attached hydrogen (secondary N) is 2. The van der Waals surface area contributed by atoms with Crippen molar-refractivity contribution in [2.45, 2.75) is 13.8 Å². The van der Waals surface area contributed by atoms with Crippen LogP contribution in [0.4, 0.5) is 11.5 Å². The van der Waals surface area contributed by atoms with E-state index in [1.807, 2.05) is 13.8 Å². The van der Waals surface area contributed by atoms with Gasteiger partial charge in [0.05, 0.1) is 5.56 Å². The Labute approximate surface area is 137 Å². The molecule has 2 aromatic rings. The second-order valence-electron chi connectivity index (χ2n) is 4.49. The molecule has 1 amide bonds. The summed E-state index contributed by atoms with van der Waals surface area (Å²) < 4.78 is 0.900. The minimum Gasteiger partial charge on any atom is -0.385 e. The number of carbonyl (C=O) groups is 1. The number of hydrogen-bond acceptors (Lipinski definition) is 3. The third-order valence-corrected chi connectivity index (χ3v) is 3.95. The van der Waals surface area contributed by atoms with Crippen molar-refractivity contribution >= 4 is 44.9 Å². The Bertz CT molecular complexity index is 676. The van der Waals surface area contributed by atoms with Gasteiger partial charge in [-0.3, -0.25) is 4.79 Å². The lowest BCUT2D eigenvalue weighted by molar-refractivity contribution is 0.102. The predicted octanol–water partition coefficient (Wildman–Crippen LogP) is 4.49. The smallest absolute Gasteiger partial charge is 0.258 e. The molecular formula is C15H15BrClN3O. The van der Waals surface area contributed by atoms with Crippen LogP contribution in [0.3, 0.4) is 0 Å². The zero-order chi connectivity index (χ0) is 15.4. The van der Waals surface area contributed by atoms with Crippen LogP contribution in [0.15, 0.2) is 34.9 Å². The van der Waals surface area contributed by atoms with Crippen molar-refractivity contribution in [3.05, 3.63) is 51.1 Å². The quantitative estimate of drug-likeness (QED) is 0.836. The molecular weight excluding hydrogens is 354 g/mol. The Kier molecular flexibility index (Phi) is 5.20. The molecule has 0 radical (unpaired) electrons. The number of anilines is 2. The number of carbonyl (C=O) groups excluding carboxylic acids is 1. The molecule has 0 fully saturated rings. The first-order chi connectivity index (χ1) is 10.0. The van der Waals surface area contributed by atoms with Gasteiger partial charge in [0.2, 0.25) is 0 Å². The monoisotopic (exact) mass is 367 g/mol. The van der Waals surface area contributed by atoms with E-state index in [4.69, 9.17) is 11.6 Å². The molecule has 6 heteroatoms. The third kappa shape index (κ3) is 3.95. The highest BCUT2D eigenvalue weighted by Crippen LogP contribution is 2.23. The van der Waals surface area contributed by atoms with Gasteiger partial charge >= 0.3 is 0 Å². The number of hydrogen-bond donors (Lipinski definition) is 2. The summed E-state index contributed by atoms with van der Waals surface area (Å²) in [4.78, 5) is 16.6. The van der Waals surface area contributed by atoms with Crippen molar-refractivity contribution in [2.75, 3.05) is 17.2 Å². The Morgan fingerprint density at radius 3 is 2.81 bits per heavy atom. The number of aryl methyl sites for hydroxylation is 1. The Morgan fingerprint density at radius 2 is 2.14 bits per heavy atom. The van der Waals surface area contributed by atoms with Gasteiger partial charge in [0.15, 0.2) is 0 Å². The van der Waals surface area contributed by atoms with Crippen molar-refractivity contribution in [3.63, 3.8) is 0 Å². The van der Waals surface area contributed by atoms with Crippen LogP contribution in [0.25, 0.3) is 0 Å². The highest BCUT2D eigenvalue weighted by molar-refractivity contribution is 9.10. The molecule has 0 aliphatic rings. The summed E-state index contributed by atoms with van der Waals surface area (Å²) in [6, 6.07) is 6.99. The number of pyridine rings is 1. The number of benzene rings is 1. The fourth-order valence-electron chi connectivity index (χ4n) is 1.84. The first-order valence-corrected chi connectivity index (χ1v) is 7.65. The second-order valence-corrected chi connectivity index (χ2v) is 5.78. The minimum atomic E-state index is -0.248. The lowest BCUT2D eigenvalue weighted by atomic mass is 10.1. The Hall–Kier alpha value is -1.59. The van der Waals surface area contributed by atoms with Gasteiger partial charge in [-0.15, -0.1) is 0 Å². The molecule has 0 spiro atoms. The van der Waals surface area contributed by atoms with Crippen LogP contribution in [-0.4, -0.2) is 17.4 Å². The number of amides is 1. The van der Waals surface area contributed by atoms with Crippen LogP contribution in [0.2, 0.25) is 5.02 Å². The molecule has 0 aliphatic heterocycles. The molecule has 2 rings (SSSR count). The van der Waals surface area contributed by atoms with E-state index in [2.05, 4.69) is 31.5 Å². The summed E-state index contributed by atoms with van der Waals surface area (Å²) in [6.07, 6.45) is 1.66. The third-order valence-electron chi connectivity index (χ3n) is 2.88. The molecule has 0 unspecified atom stereocenters. The van der Waals surface area contributed by atoms with E-state index < -0.39 is 0 Å². The van der Waals surface area contributed by atoms with E-state index >= 15 is 0 Å². The van der Waals surface area contributed by atoms with Gasteiger partial charge < -0.3 is 10.6 Å². The SMILES string of the molecule is CCNc1ccc(Cl)cc1C(=O)Nc1cc(C)c(Br)cn1. The molecule has 2 N–H and O–H groups in total. The highest BCUT2D eigenvalue weighted by Gasteiger charge is 2.13. The van der Waals surface area contributed by atoms with Crippen molar-refractivity contribution in [2.24, 2.45) is 0 Å². The Morgan fingerprint density at radius 1 is 1.38 bits per heavy atom. The largest absolute Gasteiger partial charge is 0.385 e. The van der Waals surface area contributed by atoms with Gasteiger partial charge in [-0.2, -0.15) is 0 Å². The molecule has 1 aromatic heterocycles. The van der Waals surface area contributed by atoms with Crippen LogP contribution in [0.1, 0.15) is 22.8 Å². The predicted molar refractivity (Wildman–Crippen MR) is 90.2 cm³/mol. The van der Waals surface area contributed by atoms with Gasteiger partial charge in [-0.1, -0.05) is 11.6 Å². The van der Waals surface area contributed by atoms with Crippen LogP contribution in [0.5, 0.6) is 0 Å². The minimum absolute atomic E-state index is 0.248. The molecule has 0 atom stereocenters. The molecule has 4 nitrogen and oxygen atoms in total. The van der Waals surface area contributed by atoms with Crippen LogP contribution in [0, 0.1) is 6.92 Å². The van der Waals surface area contributed by atoms with Crippen molar-refractivity contribution < 1.29 is 4.79 Å². The van der Waals surface area contributed by atoms with E-state index in [9.17, 15) is 4.79 Å². The van der Waals surface area contributed by atoms with E-state index in [1.54, 1.807) is 30.5 Å². The lowest BCUT2D eigenvalue weighted by Gasteiger charge is -2.11. The summed E-state index contributed by atoms with van der Waals surface area (Å²) >= 11 is 9.36. The normalized spacial score (nSPS) is 10.3. The Balaban J connectivity index is 2.27. The summed E-state index contributed by atoms with van der Waals surface area (Å²) in [5.74, 6) is 0.255. The van der Waals surface area contributed by atoms with Gasteiger partial charge in [0, 0.05) is 27.9 Å². The maximum atomic E-state index is 12.4. The molecule has 0 bridgehead atoms. The van der Waals surface area contributed by atoms with Crippen LogP contribution in [-0.2, 0) is 0 Å². The summed E-state index contributed by atoms with van der Waals surface area (Å²) in [6.45, 7) is 4.62. The standard InChI is InChI=1S/C15H15BrClN3O/c1-3-18-13-5-4-10(17)7-11(13)15(21)20-14-6-9(2)12(16)8-19-14/h4-8,18H,3H2,1-2H3,(H,19,20,21). The molecule has 110 valence electrons. The highest BCUT2D eigenvalue weighted by atomic mass is 79.9. The number of aromatic nitrogens is 1. The first kappa shape index (κ1) is 15.8. The van der Waals surface area contributed by atoms with Gasteiger partial charge in [-0.05, 0) is 59.6 Å². The molecule has 1 aromatic carbocycles. The number of rotatable bonds is 4. The number of nitrogens with zero attached hydrogens (tertiary/aromatic N) is 1. The van der Waals surface area contributed by atoms with Crippen LogP contribution < -0.4 is 10.6 Å². The maximum absolute atomic E-state index is 12.4. The maximum Gasteiger partial charge on any atom is 0.258 e. The van der Waals surface area contributed by atoms with Crippen molar-refractivity contribution in [1.29, 1.82) is 0 Å². The summed E-state index contributed by atoms with van der Waals surface area (Å²) in [5.41, 5.74) is 2.23. The zero-order valence-corrected chi connectivity index (χ0v) is 14.0. The van der Waals surface area contributed by atoms with Crippen LogP contribution >= 0.6 is 27.5 Å². The van der Waals surface area contributed by atoms with Gasteiger partial charge in [-0.25, -0.2) is 4.98 Å². The van der Waals surface area contributed by atoms with E-state index in [0.717, 1.165) is 22.3 Å². The molecule has 1 heterocycles. The fraction of sp³-hybridized carbons (Fsp3) is 0.200. The average Bonchev–Trinajstić information content (AvgIpc) is 2.45. The van der Waals surface area contributed by atoms with E-state index in [0.29, 0.717) is 16.4 Å². The number of halogens is 2. The molecule has 21 heavy (non-hydrogen) atoms. The molecule has 0 saturated heterocycles. The topological polar surface area (TPSA) is 54.0 Å². The van der Waals surface area contributed by atoms with Gasteiger partial charge in [0.25, 0.3) is 5.91 Å². The van der Waals surface area contributed by atoms with Gasteiger partial charge in [0.1, 0.15) is 5.82 Å². The van der Waals surface area contributed by atoms with E-state index in [1.165, 1.54) is 0 Å². The first-order valence-electron chi connectivity index (χ1n) is 6.48. The lowest BCUT2D eigenvalue weighted by Crippen LogP contribution is -2.15.